The van der Waals surface area contributed by atoms with Crippen LogP contribution in [-0.2, 0) is 6.54 Å². The van der Waals surface area contributed by atoms with Crippen LogP contribution in [0, 0.1) is 6.92 Å². The number of guanidine groups is 1. The lowest BCUT2D eigenvalue weighted by Crippen LogP contribution is -2.31. The van der Waals surface area contributed by atoms with Crippen molar-refractivity contribution < 1.29 is 0 Å². The van der Waals surface area contributed by atoms with E-state index < -0.39 is 0 Å². The third-order valence-corrected chi connectivity index (χ3v) is 2.87. The molecule has 3 N–H and O–H groups in total. The van der Waals surface area contributed by atoms with Gasteiger partial charge in [0.2, 0.25) is 0 Å². The summed E-state index contributed by atoms with van der Waals surface area (Å²) in [5.74, 6) is 0.414. The van der Waals surface area contributed by atoms with Gasteiger partial charge in [-0.3, -0.25) is 0 Å². The molecule has 0 fully saturated rings. The smallest absolute Gasteiger partial charge is 0.189 e. The summed E-state index contributed by atoms with van der Waals surface area (Å²) in [6.45, 7) is 6.70. The second kappa shape index (κ2) is 6.56. The van der Waals surface area contributed by atoms with Gasteiger partial charge in [-0.2, -0.15) is 5.10 Å². The molecule has 104 valence electrons. The molecule has 5 heteroatoms. The summed E-state index contributed by atoms with van der Waals surface area (Å²) in [6.07, 6.45) is 3.72. The van der Waals surface area contributed by atoms with Gasteiger partial charge in [0.05, 0.1) is 17.9 Å². The van der Waals surface area contributed by atoms with Crippen molar-refractivity contribution in [3.63, 3.8) is 0 Å². The largest absolute Gasteiger partial charge is 0.370 e. The van der Waals surface area contributed by atoms with Crippen LogP contribution >= 0.6 is 0 Å². The van der Waals surface area contributed by atoms with E-state index in [1.165, 1.54) is 0 Å². The first-order valence-electron chi connectivity index (χ1n) is 6.46. The first kappa shape index (κ1) is 13.9. The maximum Gasteiger partial charge on any atom is 0.189 e. The molecule has 0 saturated carbocycles. The fourth-order valence-electron chi connectivity index (χ4n) is 1.77. The number of aliphatic imine (C=N–C) groups is 1. The first-order chi connectivity index (χ1) is 9.70. The molecule has 1 aromatic heterocycles. The number of hydrogen-bond acceptors (Lipinski definition) is 2. The first-order valence-corrected chi connectivity index (χ1v) is 6.46. The zero-order valence-electron chi connectivity index (χ0n) is 11.6. The van der Waals surface area contributed by atoms with Crippen LogP contribution in [0.15, 0.2) is 54.2 Å². The van der Waals surface area contributed by atoms with E-state index in [9.17, 15) is 0 Å². The van der Waals surface area contributed by atoms with Crippen LogP contribution in [0.3, 0.4) is 0 Å². The number of aromatic nitrogens is 2. The van der Waals surface area contributed by atoms with Crippen LogP contribution in [0.25, 0.3) is 5.69 Å². The highest BCUT2D eigenvalue weighted by Crippen LogP contribution is 2.12. The minimum Gasteiger partial charge on any atom is -0.370 e. The summed E-state index contributed by atoms with van der Waals surface area (Å²) < 4.78 is 1.85. The quantitative estimate of drug-likeness (QED) is 0.494. The van der Waals surface area contributed by atoms with Gasteiger partial charge in [-0.15, -0.1) is 6.58 Å². The Bertz CT molecular complexity index is 598. The second-order valence-corrected chi connectivity index (χ2v) is 4.39. The van der Waals surface area contributed by atoms with Crippen molar-refractivity contribution in [1.82, 2.24) is 15.1 Å². The highest BCUT2D eigenvalue weighted by atomic mass is 15.3. The molecule has 0 aliphatic carbocycles. The zero-order valence-corrected chi connectivity index (χ0v) is 11.6. The summed E-state index contributed by atoms with van der Waals surface area (Å²) in [6, 6.07) is 9.98. The van der Waals surface area contributed by atoms with Crippen LogP contribution in [0.1, 0.15) is 11.3 Å². The molecule has 0 bridgehead atoms. The Balaban J connectivity index is 2.10. The zero-order chi connectivity index (χ0) is 14.4. The summed E-state index contributed by atoms with van der Waals surface area (Å²) >= 11 is 0. The number of nitrogens with two attached hydrogens (primary N) is 1. The lowest BCUT2D eigenvalue weighted by atomic mass is 10.3. The van der Waals surface area contributed by atoms with Crippen molar-refractivity contribution in [3.8, 4) is 5.69 Å². The summed E-state index contributed by atoms with van der Waals surface area (Å²) in [5.41, 5.74) is 8.78. The summed E-state index contributed by atoms with van der Waals surface area (Å²) in [7, 11) is 0. The molecule has 2 aromatic rings. The van der Waals surface area contributed by atoms with Crippen LogP contribution in [-0.4, -0.2) is 22.3 Å². The number of benzene rings is 1. The van der Waals surface area contributed by atoms with Gasteiger partial charge in [0.15, 0.2) is 5.96 Å². The van der Waals surface area contributed by atoms with Crippen molar-refractivity contribution in [2.75, 3.05) is 6.54 Å². The summed E-state index contributed by atoms with van der Waals surface area (Å²) in [5, 5.41) is 7.43. The number of hydrogen-bond donors (Lipinski definition) is 2. The van der Waals surface area contributed by atoms with E-state index in [-0.39, 0.29) is 0 Å². The fourth-order valence-corrected chi connectivity index (χ4v) is 1.77. The highest BCUT2D eigenvalue weighted by molar-refractivity contribution is 5.77. The van der Waals surface area contributed by atoms with E-state index in [1.807, 2.05) is 48.1 Å². The molecule has 0 unspecified atom stereocenters. The highest BCUT2D eigenvalue weighted by Gasteiger charge is 2.05. The Labute approximate surface area is 118 Å². The molecule has 0 radical (unpaired) electrons. The third kappa shape index (κ3) is 3.47. The molecule has 20 heavy (non-hydrogen) atoms. The maximum absolute atomic E-state index is 5.74. The van der Waals surface area contributed by atoms with Crippen LogP contribution in [0.2, 0.25) is 0 Å². The van der Waals surface area contributed by atoms with Crippen LogP contribution < -0.4 is 11.1 Å². The average Bonchev–Trinajstić information content (AvgIpc) is 2.85. The number of aryl methyl sites for hydroxylation is 1. The molecule has 0 atom stereocenters. The predicted molar refractivity (Wildman–Crippen MR) is 81.8 cm³/mol. The standard InChI is InChI=1S/C15H19N5/c1-3-9-17-15(16)18-10-13-11-20(19-12(13)2)14-7-5-4-6-8-14/h3-8,11H,1,9-10H2,2H3,(H3,16,17,18). The van der Waals surface area contributed by atoms with Crippen molar-refractivity contribution in [2.24, 2.45) is 10.7 Å². The normalized spacial score (nSPS) is 11.3. The van der Waals surface area contributed by atoms with Gasteiger partial charge in [-0.05, 0) is 19.1 Å². The maximum atomic E-state index is 5.74. The number of para-hydroxylation sites is 1. The molecule has 1 aromatic carbocycles. The Morgan fingerprint density at radius 2 is 2.20 bits per heavy atom. The van der Waals surface area contributed by atoms with E-state index in [4.69, 9.17) is 5.73 Å². The minimum absolute atomic E-state index is 0.414. The van der Waals surface area contributed by atoms with E-state index in [1.54, 1.807) is 6.08 Å². The van der Waals surface area contributed by atoms with Gasteiger partial charge in [0.25, 0.3) is 0 Å². The topological polar surface area (TPSA) is 68.2 Å². The minimum atomic E-state index is 0.414. The number of nitrogens with one attached hydrogen (secondary N) is 1. The Morgan fingerprint density at radius 1 is 1.45 bits per heavy atom. The van der Waals surface area contributed by atoms with Crippen molar-refractivity contribution in [3.05, 3.63) is 60.4 Å². The third-order valence-electron chi connectivity index (χ3n) is 2.87. The predicted octanol–water partition coefficient (Wildman–Crippen LogP) is 1.77. The van der Waals surface area contributed by atoms with E-state index >= 15 is 0 Å². The van der Waals surface area contributed by atoms with Gasteiger partial charge in [-0.25, -0.2) is 9.67 Å². The fraction of sp³-hybridized carbons (Fsp3) is 0.200. The second-order valence-electron chi connectivity index (χ2n) is 4.39. The molecule has 2 rings (SSSR count). The Hall–Kier alpha value is -2.56. The van der Waals surface area contributed by atoms with E-state index in [0.717, 1.165) is 16.9 Å². The molecule has 0 saturated heterocycles. The van der Waals surface area contributed by atoms with Gasteiger partial charge in [0.1, 0.15) is 0 Å². The average molecular weight is 269 g/mol. The Morgan fingerprint density at radius 3 is 2.90 bits per heavy atom. The SMILES string of the molecule is C=CCNC(N)=NCc1cn(-c2ccccc2)nc1C. The van der Waals surface area contributed by atoms with Gasteiger partial charge in [-0.1, -0.05) is 24.3 Å². The van der Waals surface area contributed by atoms with Crippen molar-refractivity contribution in [2.45, 2.75) is 13.5 Å². The molecule has 0 spiro atoms. The van der Waals surface area contributed by atoms with Gasteiger partial charge >= 0.3 is 0 Å². The van der Waals surface area contributed by atoms with Crippen molar-refractivity contribution in [1.29, 1.82) is 0 Å². The summed E-state index contributed by atoms with van der Waals surface area (Å²) in [4.78, 5) is 4.28. The number of rotatable bonds is 5. The molecular weight excluding hydrogens is 250 g/mol. The molecule has 0 aliphatic rings. The number of nitrogens with zero attached hydrogens (tertiary/aromatic N) is 3. The molecule has 1 heterocycles. The van der Waals surface area contributed by atoms with E-state index in [2.05, 4.69) is 22.0 Å². The Kier molecular flexibility index (Phi) is 4.55. The van der Waals surface area contributed by atoms with Crippen LogP contribution in [0.5, 0.6) is 0 Å². The molecule has 0 aliphatic heterocycles. The molecule has 0 amide bonds. The van der Waals surface area contributed by atoms with Gasteiger partial charge < -0.3 is 11.1 Å². The van der Waals surface area contributed by atoms with Crippen LogP contribution in [0.4, 0.5) is 0 Å². The van der Waals surface area contributed by atoms with Crippen molar-refractivity contribution >= 4 is 5.96 Å². The van der Waals surface area contributed by atoms with E-state index in [0.29, 0.717) is 19.0 Å². The van der Waals surface area contributed by atoms with Gasteiger partial charge in [0, 0.05) is 18.3 Å². The molecular formula is C15H19N5. The lowest BCUT2D eigenvalue weighted by Gasteiger charge is -2.01. The lowest BCUT2D eigenvalue weighted by molar-refractivity contribution is 0.863. The molecule has 5 nitrogen and oxygen atoms in total. The monoisotopic (exact) mass is 269 g/mol.